The van der Waals surface area contributed by atoms with E-state index >= 15 is 0 Å². The van der Waals surface area contributed by atoms with Gasteiger partial charge in [0.1, 0.15) is 12.3 Å². The maximum Gasteiger partial charge on any atom is 0.273 e. The first-order valence-corrected chi connectivity index (χ1v) is 7.17. The van der Waals surface area contributed by atoms with Gasteiger partial charge in [-0.1, -0.05) is 31.1 Å². The van der Waals surface area contributed by atoms with Gasteiger partial charge in [0.15, 0.2) is 0 Å². The fraction of sp³-hybridized carbons (Fsp3) is 0.500. The lowest BCUT2D eigenvalue weighted by molar-refractivity contribution is 0.0736. The molecular weight excluding hydrogens is 252 g/mol. The Hall–Kier alpha value is -1.86. The number of nitrogens with zero attached hydrogens (tertiary/aromatic N) is 2. The molecular formula is C16H20N2O2. The van der Waals surface area contributed by atoms with Crippen molar-refractivity contribution in [1.82, 2.24) is 9.88 Å². The number of carbonyl (C=O) groups is 1. The Morgan fingerprint density at radius 2 is 1.95 bits per heavy atom. The summed E-state index contributed by atoms with van der Waals surface area (Å²) in [7, 11) is 0. The summed E-state index contributed by atoms with van der Waals surface area (Å²) in [5.74, 6) is 5.33. The molecule has 0 aromatic carbocycles. The molecule has 0 spiro atoms. The van der Waals surface area contributed by atoms with Crippen LogP contribution in [0.1, 0.15) is 48.2 Å². The van der Waals surface area contributed by atoms with Crippen LogP contribution in [0.2, 0.25) is 0 Å². The average Bonchev–Trinajstić information content (AvgIpc) is 2.44. The molecule has 1 saturated heterocycles. The third-order valence-corrected chi connectivity index (χ3v) is 3.46. The molecule has 20 heavy (non-hydrogen) atoms. The summed E-state index contributed by atoms with van der Waals surface area (Å²) < 4.78 is 0. The second-order valence-corrected chi connectivity index (χ2v) is 4.92. The van der Waals surface area contributed by atoms with Crippen molar-refractivity contribution < 1.29 is 9.90 Å². The molecule has 1 aromatic heterocycles. The van der Waals surface area contributed by atoms with Crippen molar-refractivity contribution in [2.45, 2.75) is 32.1 Å². The minimum Gasteiger partial charge on any atom is -0.384 e. The Morgan fingerprint density at radius 1 is 1.25 bits per heavy atom. The molecule has 0 atom stereocenters. The van der Waals surface area contributed by atoms with E-state index in [1.807, 2.05) is 4.90 Å². The summed E-state index contributed by atoms with van der Waals surface area (Å²) in [6.45, 7) is 1.37. The third kappa shape index (κ3) is 3.82. The summed E-state index contributed by atoms with van der Waals surface area (Å²) in [6, 6.07) is 3.53. The summed E-state index contributed by atoms with van der Waals surface area (Å²) in [5, 5.41) is 8.78. The molecule has 1 fully saturated rings. The van der Waals surface area contributed by atoms with Gasteiger partial charge >= 0.3 is 0 Å². The number of hydrogen-bond donors (Lipinski definition) is 1. The number of aliphatic hydroxyl groups is 1. The molecule has 1 aliphatic heterocycles. The summed E-state index contributed by atoms with van der Waals surface area (Å²) >= 11 is 0. The first-order valence-electron chi connectivity index (χ1n) is 7.17. The quantitative estimate of drug-likeness (QED) is 0.794. The fourth-order valence-corrected chi connectivity index (χ4v) is 2.41. The monoisotopic (exact) mass is 272 g/mol. The zero-order valence-electron chi connectivity index (χ0n) is 11.6. The smallest absolute Gasteiger partial charge is 0.273 e. The van der Waals surface area contributed by atoms with Crippen molar-refractivity contribution in [2.24, 2.45) is 0 Å². The van der Waals surface area contributed by atoms with Crippen LogP contribution in [0.5, 0.6) is 0 Å². The Balaban J connectivity index is 2.18. The van der Waals surface area contributed by atoms with E-state index in [0.29, 0.717) is 11.3 Å². The molecule has 1 aliphatic rings. The van der Waals surface area contributed by atoms with Crippen molar-refractivity contribution in [3.05, 3.63) is 29.6 Å². The minimum atomic E-state index is -0.216. The summed E-state index contributed by atoms with van der Waals surface area (Å²) in [6.07, 6.45) is 7.35. The average molecular weight is 272 g/mol. The molecule has 1 aromatic rings. The van der Waals surface area contributed by atoms with Crippen LogP contribution in [0.25, 0.3) is 0 Å². The van der Waals surface area contributed by atoms with E-state index in [0.717, 1.165) is 25.9 Å². The zero-order valence-corrected chi connectivity index (χ0v) is 11.6. The van der Waals surface area contributed by atoms with Crippen molar-refractivity contribution in [3.8, 4) is 11.8 Å². The molecule has 1 amide bonds. The largest absolute Gasteiger partial charge is 0.384 e. The number of carbonyl (C=O) groups excluding carboxylic acids is 1. The van der Waals surface area contributed by atoms with E-state index in [1.165, 1.54) is 19.3 Å². The topological polar surface area (TPSA) is 53.4 Å². The van der Waals surface area contributed by atoms with Crippen LogP contribution in [0.4, 0.5) is 0 Å². The minimum absolute atomic E-state index is 0.0465. The van der Waals surface area contributed by atoms with Crippen LogP contribution in [0.15, 0.2) is 18.3 Å². The highest BCUT2D eigenvalue weighted by Gasteiger charge is 2.19. The van der Waals surface area contributed by atoms with Crippen LogP contribution in [0.3, 0.4) is 0 Å². The summed E-state index contributed by atoms with van der Waals surface area (Å²) in [5.41, 5.74) is 0.989. The van der Waals surface area contributed by atoms with Crippen molar-refractivity contribution in [2.75, 3.05) is 19.7 Å². The van der Waals surface area contributed by atoms with Crippen LogP contribution in [-0.4, -0.2) is 40.6 Å². The van der Waals surface area contributed by atoms with Gasteiger partial charge in [-0.2, -0.15) is 0 Å². The first-order chi connectivity index (χ1) is 9.83. The van der Waals surface area contributed by atoms with E-state index in [4.69, 9.17) is 5.11 Å². The van der Waals surface area contributed by atoms with E-state index in [2.05, 4.69) is 16.8 Å². The molecule has 2 rings (SSSR count). The highest BCUT2D eigenvalue weighted by atomic mass is 16.2. The lowest BCUT2D eigenvalue weighted by Gasteiger charge is -2.24. The van der Waals surface area contributed by atoms with Gasteiger partial charge in [-0.3, -0.25) is 4.79 Å². The highest BCUT2D eigenvalue weighted by molar-refractivity contribution is 5.94. The lowest BCUT2D eigenvalue weighted by Crippen LogP contribution is -2.34. The number of likely N-dealkylation sites (tertiary alicyclic amines) is 1. The fourth-order valence-electron chi connectivity index (χ4n) is 2.41. The number of pyridine rings is 1. The van der Waals surface area contributed by atoms with Crippen molar-refractivity contribution in [1.29, 1.82) is 0 Å². The number of aromatic nitrogens is 1. The van der Waals surface area contributed by atoms with Gasteiger partial charge in [0.05, 0.1) is 5.56 Å². The Bertz CT molecular complexity index is 509. The second-order valence-electron chi connectivity index (χ2n) is 4.92. The van der Waals surface area contributed by atoms with Gasteiger partial charge in [0.25, 0.3) is 5.91 Å². The van der Waals surface area contributed by atoms with E-state index in [-0.39, 0.29) is 12.5 Å². The number of amides is 1. The van der Waals surface area contributed by atoms with Gasteiger partial charge in [-0.25, -0.2) is 4.98 Å². The molecule has 2 heterocycles. The Kier molecular flexibility index (Phi) is 5.57. The molecule has 0 saturated carbocycles. The maximum atomic E-state index is 12.6. The molecule has 0 radical (unpaired) electrons. The van der Waals surface area contributed by atoms with E-state index in [1.54, 1.807) is 18.3 Å². The molecule has 0 bridgehead atoms. The first kappa shape index (κ1) is 14.5. The SMILES string of the molecule is O=C(c1ncccc1C#CCO)N1CCCCCCC1. The predicted octanol–water partition coefficient (Wildman–Crippen LogP) is 1.83. The van der Waals surface area contributed by atoms with Gasteiger partial charge in [-0.15, -0.1) is 0 Å². The Labute approximate surface area is 119 Å². The lowest BCUT2D eigenvalue weighted by atomic mass is 10.1. The molecule has 106 valence electrons. The van der Waals surface area contributed by atoms with Crippen LogP contribution in [0, 0.1) is 11.8 Å². The van der Waals surface area contributed by atoms with Gasteiger partial charge in [0.2, 0.25) is 0 Å². The number of hydrogen-bond acceptors (Lipinski definition) is 3. The third-order valence-electron chi connectivity index (χ3n) is 3.46. The van der Waals surface area contributed by atoms with Crippen LogP contribution >= 0.6 is 0 Å². The molecule has 4 nitrogen and oxygen atoms in total. The Morgan fingerprint density at radius 3 is 2.65 bits per heavy atom. The van der Waals surface area contributed by atoms with Crippen molar-refractivity contribution in [3.63, 3.8) is 0 Å². The zero-order chi connectivity index (χ0) is 14.2. The standard InChI is InChI=1S/C16H20N2O2/c19-13-7-9-14-8-6-10-17-15(14)16(20)18-11-4-2-1-3-5-12-18/h6,8,10,19H,1-5,11-13H2. The number of rotatable bonds is 1. The van der Waals surface area contributed by atoms with Crippen molar-refractivity contribution >= 4 is 5.91 Å². The highest BCUT2D eigenvalue weighted by Crippen LogP contribution is 2.14. The van der Waals surface area contributed by atoms with Gasteiger partial charge in [0, 0.05) is 19.3 Å². The normalized spacial score (nSPS) is 15.8. The molecule has 0 unspecified atom stereocenters. The molecule has 1 N–H and O–H groups in total. The van der Waals surface area contributed by atoms with E-state index in [9.17, 15) is 4.79 Å². The van der Waals surface area contributed by atoms with Crippen LogP contribution in [-0.2, 0) is 0 Å². The predicted molar refractivity (Wildman–Crippen MR) is 77.2 cm³/mol. The maximum absolute atomic E-state index is 12.6. The van der Waals surface area contributed by atoms with Crippen LogP contribution < -0.4 is 0 Å². The molecule has 0 aliphatic carbocycles. The number of aliphatic hydroxyl groups excluding tert-OH is 1. The summed E-state index contributed by atoms with van der Waals surface area (Å²) in [4.78, 5) is 18.6. The van der Waals surface area contributed by atoms with Gasteiger partial charge in [-0.05, 0) is 25.0 Å². The van der Waals surface area contributed by atoms with E-state index < -0.39 is 0 Å². The van der Waals surface area contributed by atoms with Gasteiger partial charge < -0.3 is 10.0 Å². The second kappa shape index (κ2) is 7.66. The molecule has 4 heteroatoms.